The summed E-state index contributed by atoms with van der Waals surface area (Å²) in [6.45, 7) is 3.86. The van der Waals surface area contributed by atoms with E-state index >= 15 is 0 Å². The SMILES string of the molecule is c1ccc2nc(CN3CCc4nc(C5CC5)nn4CC3)ccc2c1. The molecule has 5 nitrogen and oxygen atoms in total. The molecule has 0 saturated heterocycles. The molecule has 0 amide bonds. The Hall–Kier alpha value is -2.27. The van der Waals surface area contributed by atoms with Crippen molar-refractivity contribution in [3.63, 3.8) is 0 Å². The van der Waals surface area contributed by atoms with Crippen molar-refractivity contribution in [1.29, 1.82) is 0 Å². The van der Waals surface area contributed by atoms with Crippen LogP contribution in [0.3, 0.4) is 0 Å². The molecule has 3 heterocycles. The van der Waals surface area contributed by atoms with Crippen LogP contribution in [0.5, 0.6) is 0 Å². The Morgan fingerprint density at radius 1 is 0.958 bits per heavy atom. The van der Waals surface area contributed by atoms with Gasteiger partial charge >= 0.3 is 0 Å². The van der Waals surface area contributed by atoms with E-state index < -0.39 is 0 Å². The van der Waals surface area contributed by atoms with Crippen LogP contribution >= 0.6 is 0 Å². The van der Waals surface area contributed by atoms with Gasteiger partial charge in [0.1, 0.15) is 5.82 Å². The predicted octanol–water partition coefficient (Wildman–Crippen LogP) is 2.76. The van der Waals surface area contributed by atoms with Crippen molar-refractivity contribution < 1.29 is 0 Å². The number of hydrogen-bond donors (Lipinski definition) is 0. The summed E-state index contributed by atoms with van der Waals surface area (Å²) in [5.41, 5.74) is 2.22. The van der Waals surface area contributed by atoms with Gasteiger partial charge in [-0.2, -0.15) is 5.10 Å². The fraction of sp³-hybridized carbons (Fsp3) is 0.421. The third-order valence-corrected chi connectivity index (χ3v) is 5.03. The van der Waals surface area contributed by atoms with Crippen LogP contribution in [0, 0.1) is 0 Å². The smallest absolute Gasteiger partial charge is 0.154 e. The van der Waals surface area contributed by atoms with Gasteiger partial charge in [0.2, 0.25) is 0 Å². The van der Waals surface area contributed by atoms with E-state index in [0.717, 1.165) is 55.5 Å². The summed E-state index contributed by atoms with van der Waals surface area (Å²) in [6.07, 6.45) is 3.51. The summed E-state index contributed by atoms with van der Waals surface area (Å²) in [7, 11) is 0. The molecule has 0 unspecified atom stereocenters. The molecule has 0 N–H and O–H groups in total. The zero-order valence-electron chi connectivity index (χ0n) is 13.7. The molecule has 24 heavy (non-hydrogen) atoms. The lowest BCUT2D eigenvalue weighted by Crippen LogP contribution is -2.27. The third-order valence-electron chi connectivity index (χ3n) is 5.03. The molecular formula is C19H21N5. The Balaban J connectivity index is 1.30. The highest BCUT2D eigenvalue weighted by molar-refractivity contribution is 5.78. The second kappa shape index (κ2) is 5.67. The fourth-order valence-corrected chi connectivity index (χ4v) is 3.46. The summed E-state index contributed by atoms with van der Waals surface area (Å²) in [4.78, 5) is 12.0. The Bertz CT molecular complexity index is 855. The van der Waals surface area contributed by atoms with Crippen molar-refractivity contribution in [2.75, 3.05) is 13.1 Å². The van der Waals surface area contributed by atoms with Gasteiger partial charge in [0.25, 0.3) is 0 Å². The Morgan fingerprint density at radius 3 is 2.79 bits per heavy atom. The number of rotatable bonds is 3. The molecule has 2 aliphatic rings. The minimum Gasteiger partial charge on any atom is -0.295 e. The van der Waals surface area contributed by atoms with E-state index in [2.05, 4.69) is 39.9 Å². The zero-order valence-corrected chi connectivity index (χ0v) is 13.7. The quantitative estimate of drug-likeness (QED) is 0.745. The van der Waals surface area contributed by atoms with Gasteiger partial charge < -0.3 is 0 Å². The van der Waals surface area contributed by atoms with Gasteiger partial charge in [0, 0.05) is 37.4 Å². The molecule has 5 heteroatoms. The average molecular weight is 319 g/mol. The normalized spacial score (nSPS) is 18.5. The molecule has 5 rings (SSSR count). The molecule has 0 radical (unpaired) electrons. The van der Waals surface area contributed by atoms with Crippen LogP contribution in [0.1, 0.15) is 36.1 Å². The van der Waals surface area contributed by atoms with Gasteiger partial charge in [-0.05, 0) is 25.0 Å². The standard InChI is InChI=1S/C19H21N5/c1-2-4-17-14(3-1)7-8-16(20-17)13-23-10-9-18-21-19(15-5-6-15)22-24(18)12-11-23/h1-4,7-8,15H,5-6,9-13H2. The molecule has 1 fully saturated rings. The first-order chi connectivity index (χ1) is 11.8. The van der Waals surface area contributed by atoms with Crippen molar-refractivity contribution in [1.82, 2.24) is 24.6 Å². The number of aromatic nitrogens is 4. The first kappa shape index (κ1) is 14.1. The number of pyridine rings is 1. The zero-order chi connectivity index (χ0) is 15.9. The van der Waals surface area contributed by atoms with Crippen LogP contribution < -0.4 is 0 Å². The van der Waals surface area contributed by atoms with Gasteiger partial charge in [-0.1, -0.05) is 24.3 Å². The van der Waals surface area contributed by atoms with Gasteiger partial charge in [0.15, 0.2) is 5.82 Å². The molecule has 1 aromatic carbocycles. The van der Waals surface area contributed by atoms with Crippen molar-refractivity contribution in [2.45, 2.75) is 38.3 Å². The predicted molar refractivity (Wildman–Crippen MR) is 92.7 cm³/mol. The third kappa shape index (κ3) is 2.69. The van der Waals surface area contributed by atoms with Gasteiger partial charge in [-0.15, -0.1) is 0 Å². The molecule has 122 valence electrons. The second-order valence-corrected chi connectivity index (χ2v) is 6.91. The maximum absolute atomic E-state index is 4.80. The first-order valence-electron chi connectivity index (χ1n) is 8.86. The topological polar surface area (TPSA) is 46.8 Å². The largest absolute Gasteiger partial charge is 0.295 e. The molecule has 0 bridgehead atoms. The van der Waals surface area contributed by atoms with Crippen LogP contribution in [0.2, 0.25) is 0 Å². The van der Waals surface area contributed by atoms with Gasteiger partial charge in [-0.3, -0.25) is 9.88 Å². The lowest BCUT2D eigenvalue weighted by Gasteiger charge is -2.19. The minimum absolute atomic E-state index is 0.641. The van der Waals surface area contributed by atoms with Crippen LogP contribution in [-0.2, 0) is 19.5 Å². The minimum atomic E-state index is 0.641. The number of nitrogens with zero attached hydrogens (tertiary/aromatic N) is 5. The molecule has 0 atom stereocenters. The highest BCUT2D eigenvalue weighted by atomic mass is 15.4. The van der Waals surface area contributed by atoms with Crippen LogP contribution in [0.25, 0.3) is 10.9 Å². The van der Waals surface area contributed by atoms with Crippen molar-refractivity contribution in [3.8, 4) is 0 Å². The van der Waals surface area contributed by atoms with E-state index in [1.54, 1.807) is 0 Å². The average Bonchev–Trinajstić information content (AvgIpc) is 3.41. The molecule has 0 spiro atoms. The van der Waals surface area contributed by atoms with Crippen LogP contribution in [-0.4, -0.2) is 37.7 Å². The molecule has 1 aliphatic heterocycles. The molecule has 2 aromatic heterocycles. The van der Waals surface area contributed by atoms with Crippen LogP contribution in [0.4, 0.5) is 0 Å². The summed E-state index contributed by atoms with van der Waals surface area (Å²) in [5.74, 6) is 2.88. The van der Waals surface area contributed by atoms with Crippen molar-refractivity contribution >= 4 is 10.9 Å². The summed E-state index contributed by atoms with van der Waals surface area (Å²) >= 11 is 0. The maximum atomic E-state index is 4.80. The maximum Gasteiger partial charge on any atom is 0.154 e. The second-order valence-electron chi connectivity index (χ2n) is 6.91. The number of fused-ring (bicyclic) bond motifs is 2. The van der Waals surface area contributed by atoms with E-state index in [-0.39, 0.29) is 0 Å². The van der Waals surface area contributed by atoms with Crippen molar-refractivity contribution in [3.05, 3.63) is 53.7 Å². The lowest BCUT2D eigenvalue weighted by atomic mass is 10.2. The monoisotopic (exact) mass is 319 g/mol. The summed E-state index contributed by atoms with van der Waals surface area (Å²) in [6, 6.07) is 12.6. The molecular weight excluding hydrogens is 298 g/mol. The van der Waals surface area contributed by atoms with E-state index in [1.807, 2.05) is 6.07 Å². The molecule has 3 aromatic rings. The van der Waals surface area contributed by atoms with Crippen molar-refractivity contribution in [2.24, 2.45) is 0 Å². The Morgan fingerprint density at radius 2 is 1.88 bits per heavy atom. The lowest BCUT2D eigenvalue weighted by molar-refractivity contribution is 0.265. The summed E-state index contributed by atoms with van der Waals surface area (Å²) in [5, 5.41) is 5.92. The van der Waals surface area contributed by atoms with Gasteiger partial charge in [-0.25, -0.2) is 9.67 Å². The van der Waals surface area contributed by atoms with Crippen LogP contribution in [0.15, 0.2) is 36.4 Å². The first-order valence-corrected chi connectivity index (χ1v) is 8.86. The van der Waals surface area contributed by atoms with E-state index in [0.29, 0.717) is 5.92 Å². The highest BCUT2D eigenvalue weighted by Gasteiger charge is 2.29. The number of hydrogen-bond acceptors (Lipinski definition) is 4. The highest BCUT2D eigenvalue weighted by Crippen LogP contribution is 2.38. The molecule has 1 aliphatic carbocycles. The summed E-state index contributed by atoms with van der Waals surface area (Å²) < 4.78 is 2.13. The number of benzene rings is 1. The Kier molecular flexibility index (Phi) is 3.33. The number of para-hydroxylation sites is 1. The van der Waals surface area contributed by atoms with E-state index in [4.69, 9.17) is 15.1 Å². The Labute approximate surface area is 141 Å². The van der Waals surface area contributed by atoms with Gasteiger partial charge in [0.05, 0.1) is 17.8 Å². The fourth-order valence-electron chi connectivity index (χ4n) is 3.46. The van der Waals surface area contributed by atoms with E-state index in [9.17, 15) is 0 Å². The molecule has 1 saturated carbocycles. The van der Waals surface area contributed by atoms with E-state index in [1.165, 1.54) is 18.2 Å².